The van der Waals surface area contributed by atoms with E-state index >= 15 is 0 Å². The SMILES string of the molecule is Br/C=C1\c2ccccc2CCc2cc(OCCN3CCOCC3)ccc21. The molecule has 0 spiro atoms. The Morgan fingerprint density at radius 1 is 1.00 bits per heavy atom. The van der Waals surface area contributed by atoms with Crippen LogP contribution in [0.15, 0.2) is 47.4 Å². The maximum absolute atomic E-state index is 6.05. The van der Waals surface area contributed by atoms with Crippen LogP contribution in [-0.4, -0.2) is 44.4 Å². The highest BCUT2D eigenvalue weighted by molar-refractivity contribution is 9.11. The van der Waals surface area contributed by atoms with Gasteiger partial charge in [0.1, 0.15) is 12.4 Å². The quantitative estimate of drug-likeness (QED) is 0.746. The molecule has 1 aliphatic heterocycles. The van der Waals surface area contributed by atoms with Crippen molar-refractivity contribution in [2.75, 3.05) is 39.5 Å². The molecule has 1 aliphatic carbocycles. The molecule has 1 heterocycles. The van der Waals surface area contributed by atoms with E-state index in [-0.39, 0.29) is 0 Å². The number of benzene rings is 2. The minimum atomic E-state index is 0.722. The van der Waals surface area contributed by atoms with Crippen molar-refractivity contribution in [3.05, 3.63) is 69.7 Å². The van der Waals surface area contributed by atoms with Gasteiger partial charge in [-0.3, -0.25) is 4.90 Å². The van der Waals surface area contributed by atoms with Gasteiger partial charge < -0.3 is 9.47 Å². The van der Waals surface area contributed by atoms with E-state index in [2.05, 4.69) is 68.3 Å². The average Bonchev–Trinajstić information content (AvgIpc) is 2.85. The van der Waals surface area contributed by atoms with E-state index in [1.807, 2.05) is 0 Å². The molecule has 26 heavy (non-hydrogen) atoms. The minimum Gasteiger partial charge on any atom is -0.492 e. The van der Waals surface area contributed by atoms with Crippen LogP contribution in [0.2, 0.25) is 0 Å². The number of ether oxygens (including phenoxy) is 2. The summed E-state index contributed by atoms with van der Waals surface area (Å²) in [5.41, 5.74) is 6.64. The van der Waals surface area contributed by atoms with Crippen LogP contribution in [0.3, 0.4) is 0 Å². The Labute approximate surface area is 163 Å². The third-order valence-electron chi connectivity index (χ3n) is 5.23. The van der Waals surface area contributed by atoms with Crippen molar-refractivity contribution in [2.24, 2.45) is 0 Å². The second-order valence-electron chi connectivity index (χ2n) is 6.80. The second-order valence-corrected chi connectivity index (χ2v) is 7.26. The fraction of sp³-hybridized carbons (Fsp3) is 0.364. The summed E-state index contributed by atoms with van der Waals surface area (Å²) in [4.78, 5) is 4.45. The van der Waals surface area contributed by atoms with Crippen molar-refractivity contribution in [2.45, 2.75) is 12.8 Å². The first-order chi connectivity index (χ1) is 12.8. The highest BCUT2D eigenvalue weighted by atomic mass is 79.9. The Morgan fingerprint density at radius 3 is 2.62 bits per heavy atom. The second kappa shape index (κ2) is 8.38. The van der Waals surface area contributed by atoms with Crippen LogP contribution in [-0.2, 0) is 17.6 Å². The lowest BCUT2D eigenvalue weighted by atomic mass is 9.95. The number of morpholine rings is 1. The molecular weight excluding hydrogens is 390 g/mol. The van der Waals surface area contributed by atoms with Crippen molar-refractivity contribution in [3.63, 3.8) is 0 Å². The van der Waals surface area contributed by atoms with E-state index < -0.39 is 0 Å². The van der Waals surface area contributed by atoms with E-state index in [1.54, 1.807) is 0 Å². The van der Waals surface area contributed by atoms with Crippen LogP contribution in [0.25, 0.3) is 5.57 Å². The maximum Gasteiger partial charge on any atom is 0.119 e. The third kappa shape index (κ3) is 3.88. The Balaban J connectivity index is 1.48. The molecule has 2 aromatic rings. The first-order valence-electron chi connectivity index (χ1n) is 9.30. The number of rotatable bonds is 4. The van der Waals surface area contributed by atoms with E-state index in [0.29, 0.717) is 0 Å². The summed E-state index contributed by atoms with van der Waals surface area (Å²) in [7, 11) is 0. The number of hydrogen-bond acceptors (Lipinski definition) is 3. The van der Waals surface area contributed by atoms with Gasteiger partial charge in [0.15, 0.2) is 0 Å². The molecule has 3 nitrogen and oxygen atoms in total. The van der Waals surface area contributed by atoms with E-state index in [1.165, 1.54) is 27.8 Å². The van der Waals surface area contributed by atoms with E-state index in [0.717, 1.165) is 58.0 Å². The Bertz CT molecular complexity index is 796. The Hall–Kier alpha value is -1.62. The summed E-state index contributed by atoms with van der Waals surface area (Å²) in [6, 6.07) is 15.2. The molecule has 2 aliphatic rings. The third-order valence-corrected chi connectivity index (χ3v) is 5.68. The summed E-state index contributed by atoms with van der Waals surface area (Å²) in [5, 5.41) is 0. The highest BCUT2D eigenvalue weighted by Gasteiger charge is 2.18. The molecule has 0 saturated carbocycles. The molecular formula is C22H24BrNO2. The van der Waals surface area contributed by atoms with Gasteiger partial charge in [0, 0.05) is 19.6 Å². The van der Waals surface area contributed by atoms with Gasteiger partial charge in [-0.2, -0.15) is 0 Å². The lowest BCUT2D eigenvalue weighted by Crippen LogP contribution is -2.38. The average molecular weight is 414 g/mol. The molecule has 1 saturated heterocycles. The van der Waals surface area contributed by atoms with Gasteiger partial charge in [-0.15, -0.1) is 0 Å². The van der Waals surface area contributed by atoms with Crippen molar-refractivity contribution >= 4 is 21.5 Å². The molecule has 0 N–H and O–H groups in total. The van der Waals surface area contributed by atoms with Crippen molar-refractivity contribution < 1.29 is 9.47 Å². The van der Waals surface area contributed by atoms with Gasteiger partial charge in [-0.25, -0.2) is 0 Å². The van der Waals surface area contributed by atoms with Crippen LogP contribution in [0.4, 0.5) is 0 Å². The number of nitrogens with zero attached hydrogens (tertiary/aromatic N) is 1. The van der Waals surface area contributed by atoms with Crippen LogP contribution >= 0.6 is 15.9 Å². The van der Waals surface area contributed by atoms with Gasteiger partial charge >= 0.3 is 0 Å². The molecule has 2 aromatic carbocycles. The summed E-state index contributed by atoms with van der Waals surface area (Å²) in [6.07, 6.45) is 2.10. The predicted octanol–water partition coefficient (Wildman–Crippen LogP) is 4.28. The molecule has 4 rings (SSSR count). The Morgan fingerprint density at radius 2 is 1.77 bits per heavy atom. The summed E-state index contributed by atoms with van der Waals surface area (Å²) in [6.45, 7) is 5.36. The molecule has 4 heteroatoms. The number of fused-ring (bicyclic) bond motifs is 2. The van der Waals surface area contributed by atoms with E-state index in [9.17, 15) is 0 Å². The number of halogens is 1. The summed E-state index contributed by atoms with van der Waals surface area (Å²) < 4.78 is 11.4. The Kier molecular flexibility index (Phi) is 5.73. The zero-order valence-corrected chi connectivity index (χ0v) is 16.5. The van der Waals surface area contributed by atoms with Crippen molar-refractivity contribution in [1.82, 2.24) is 4.90 Å². The zero-order valence-electron chi connectivity index (χ0n) is 14.9. The zero-order chi connectivity index (χ0) is 17.8. The fourth-order valence-electron chi connectivity index (χ4n) is 3.78. The largest absolute Gasteiger partial charge is 0.492 e. The lowest BCUT2D eigenvalue weighted by molar-refractivity contribution is 0.0322. The van der Waals surface area contributed by atoms with Gasteiger partial charge in [-0.1, -0.05) is 46.3 Å². The standard InChI is InChI=1S/C22H24BrNO2/c23-16-22-20-4-2-1-3-17(20)5-6-18-15-19(7-8-21(18)22)26-14-11-24-9-12-25-13-10-24/h1-4,7-8,15-16H,5-6,9-14H2/b22-16+. The maximum atomic E-state index is 6.05. The van der Waals surface area contributed by atoms with Gasteiger partial charge in [0.05, 0.1) is 13.2 Å². The smallest absolute Gasteiger partial charge is 0.119 e. The van der Waals surface area contributed by atoms with Crippen LogP contribution in [0.1, 0.15) is 22.3 Å². The molecule has 1 fully saturated rings. The van der Waals surface area contributed by atoms with Crippen molar-refractivity contribution in [3.8, 4) is 5.75 Å². The first-order valence-corrected chi connectivity index (χ1v) is 10.2. The first kappa shape index (κ1) is 17.8. The molecule has 0 radical (unpaired) electrons. The van der Waals surface area contributed by atoms with Crippen molar-refractivity contribution in [1.29, 1.82) is 0 Å². The predicted molar refractivity (Wildman–Crippen MR) is 109 cm³/mol. The molecule has 0 atom stereocenters. The molecule has 0 bridgehead atoms. The highest BCUT2D eigenvalue weighted by Crippen LogP contribution is 2.35. The molecule has 136 valence electrons. The number of aryl methyl sites for hydroxylation is 2. The fourth-order valence-corrected chi connectivity index (χ4v) is 4.27. The van der Waals surface area contributed by atoms with E-state index in [4.69, 9.17) is 9.47 Å². The molecule has 0 unspecified atom stereocenters. The normalized spacial score (nSPS) is 18.9. The van der Waals surface area contributed by atoms with Gasteiger partial charge in [-0.05, 0) is 57.8 Å². The monoisotopic (exact) mass is 413 g/mol. The van der Waals surface area contributed by atoms with Crippen LogP contribution < -0.4 is 4.74 Å². The van der Waals surface area contributed by atoms with Gasteiger partial charge in [0.2, 0.25) is 0 Å². The summed E-state index contributed by atoms with van der Waals surface area (Å²) >= 11 is 3.58. The van der Waals surface area contributed by atoms with Gasteiger partial charge in [0.25, 0.3) is 0 Å². The lowest BCUT2D eigenvalue weighted by Gasteiger charge is -2.26. The molecule has 0 amide bonds. The van der Waals surface area contributed by atoms with Crippen LogP contribution in [0, 0.1) is 0 Å². The van der Waals surface area contributed by atoms with Crippen LogP contribution in [0.5, 0.6) is 5.75 Å². The molecule has 0 aromatic heterocycles. The number of hydrogen-bond donors (Lipinski definition) is 0. The summed E-state index contributed by atoms with van der Waals surface area (Å²) in [5.74, 6) is 0.969. The topological polar surface area (TPSA) is 21.7 Å². The minimum absolute atomic E-state index is 0.722.